The number of fused-ring (bicyclic) bond motifs is 1. The van der Waals surface area contributed by atoms with Crippen molar-refractivity contribution in [3.05, 3.63) is 68.6 Å². The lowest BCUT2D eigenvalue weighted by Crippen LogP contribution is -2.43. The van der Waals surface area contributed by atoms with Crippen LogP contribution in [-0.2, 0) is 13.1 Å². The number of hydrogen-bond donors (Lipinski definition) is 1. The Hall–Kier alpha value is -1.83. The normalized spacial score (nSPS) is 15.0. The van der Waals surface area contributed by atoms with E-state index in [0.29, 0.717) is 28.4 Å². The third-order valence-electron chi connectivity index (χ3n) is 5.85. The Morgan fingerprint density at radius 2 is 1.88 bits per heavy atom. The Morgan fingerprint density at radius 3 is 2.59 bits per heavy atom. The van der Waals surface area contributed by atoms with Crippen LogP contribution < -0.4 is 15.6 Å². The highest BCUT2D eigenvalue weighted by Crippen LogP contribution is 2.23. The SMILES string of the molecule is COc1cnc2ccc(=O)n(CCN3CCC(NCc4ccc(Cl)c(Cl)c4)CC3)c2c1.Cl. The van der Waals surface area contributed by atoms with E-state index in [9.17, 15) is 4.79 Å². The van der Waals surface area contributed by atoms with Crippen molar-refractivity contribution in [2.75, 3.05) is 26.7 Å². The molecule has 32 heavy (non-hydrogen) atoms. The van der Waals surface area contributed by atoms with E-state index in [1.807, 2.05) is 24.3 Å². The predicted molar refractivity (Wildman–Crippen MR) is 133 cm³/mol. The molecule has 9 heteroatoms. The number of pyridine rings is 2. The second-order valence-electron chi connectivity index (χ2n) is 7.85. The van der Waals surface area contributed by atoms with Crippen LogP contribution >= 0.6 is 35.6 Å². The fourth-order valence-corrected chi connectivity index (χ4v) is 4.33. The van der Waals surface area contributed by atoms with Crippen molar-refractivity contribution in [3.8, 4) is 5.75 Å². The van der Waals surface area contributed by atoms with Gasteiger partial charge in [-0.05, 0) is 49.7 Å². The molecule has 1 fully saturated rings. The third kappa shape index (κ3) is 5.94. The van der Waals surface area contributed by atoms with Crippen LogP contribution in [0.3, 0.4) is 0 Å². The van der Waals surface area contributed by atoms with E-state index in [4.69, 9.17) is 27.9 Å². The molecular weight excluding hydrogens is 471 g/mol. The summed E-state index contributed by atoms with van der Waals surface area (Å²) in [7, 11) is 1.61. The fraction of sp³-hybridized carbons (Fsp3) is 0.391. The van der Waals surface area contributed by atoms with Crippen LogP contribution in [0.15, 0.2) is 47.4 Å². The Bertz CT molecular complexity index is 1110. The lowest BCUT2D eigenvalue weighted by Gasteiger charge is -2.32. The smallest absolute Gasteiger partial charge is 0.251 e. The standard InChI is InChI=1S/C23H26Cl2N4O2.ClH/c1-31-18-13-22-21(27-15-18)4-5-23(30)29(22)11-10-28-8-6-17(7-9-28)26-14-16-2-3-19(24)20(25)12-16;/h2-5,12-13,15,17,26H,6-11,14H2,1H3;1H. The first kappa shape index (κ1) is 24.8. The van der Waals surface area contributed by atoms with Crippen LogP contribution in [0.25, 0.3) is 11.0 Å². The van der Waals surface area contributed by atoms with Gasteiger partial charge in [0.2, 0.25) is 0 Å². The maximum atomic E-state index is 12.5. The van der Waals surface area contributed by atoms with Gasteiger partial charge in [-0.3, -0.25) is 9.78 Å². The quantitative estimate of drug-likeness (QED) is 0.525. The first-order valence-electron chi connectivity index (χ1n) is 10.5. The maximum Gasteiger partial charge on any atom is 0.251 e. The molecule has 0 bridgehead atoms. The molecule has 1 aliphatic rings. The molecule has 0 saturated carbocycles. The number of benzene rings is 1. The highest BCUT2D eigenvalue weighted by atomic mass is 35.5. The molecule has 0 aliphatic carbocycles. The molecule has 1 aliphatic heterocycles. The summed E-state index contributed by atoms with van der Waals surface area (Å²) in [6, 6.07) is 11.5. The highest BCUT2D eigenvalue weighted by molar-refractivity contribution is 6.42. The first-order chi connectivity index (χ1) is 15.0. The average molecular weight is 498 g/mol. The molecule has 2 aromatic heterocycles. The van der Waals surface area contributed by atoms with E-state index < -0.39 is 0 Å². The van der Waals surface area contributed by atoms with Gasteiger partial charge in [-0.1, -0.05) is 29.3 Å². The van der Waals surface area contributed by atoms with Gasteiger partial charge >= 0.3 is 0 Å². The van der Waals surface area contributed by atoms with Gasteiger partial charge in [-0.2, -0.15) is 0 Å². The van der Waals surface area contributed by atoms with E-state index >= 15 is 0 Å². The summed E-state index contributed by atoms with van der Waals surface area (Å²) in [5, 5.41) is 4.79. The number of nitrogens with zero attached hydrogens (tertiary/aromatic N) is 3. The summed E-state index contributed by atoms with van der Waals surface area (Å²) in [6.07, 6.45) is 3.81. The average Bonchev–Trinajstić information content (AvgIpc) is 2.79. The van der Waals surface area contributed by atoms with Crippen molar-refractivity contribution >= 4 is 46.6 Å². The van der Waals surface area contributed by atoms with E-state index in [2.05, 4.69) is 15.2 Å². The van der Waals surface area contributed by atoms with Gasteiger partial charge in [0.25, 0.3) is 5.56 Å². The van der Waals surface area contributed by atoms with Crippen molar-refractivity contribution < 1.29 is 4.74 Å². The molecule has 3 aromatic rings. The van der Waals surface area contributed by atoms with Gasteiger partial charge < -0.3 is 19.5 Å². The number of methoxy groups -OCH3 is 1. The molecule has 172 valence electrons. The summed E-state index contributed by atoms with van der Waals surface area (Å²) in [5.41, 5.74) is 2.73. The molecule has 0 amide bonds. The fourth-order valence-electron chi connectivity index (χ4n) is 4.00. The number of hydrogen-bond acceptors (Lipinski definition) is 5. The lowest BCUT2D eigenvalue weighted by atomic mass is 10.0. The minimum absolute atomic E-state index is 0. The van der Waals surface area contributed by atoms with Gasteiger partial charge in [0.1, 0.15) is 5.75 Å². The zero-order valence-corrected chi connectivity index (χ0v) is 20.2. The summed E-state index contributed by atoms with van der Waals surface area (Å²) < 4.78 is 7.07. The van der Waals surface area contributed by atoms with E-state index in [-0.39, 0.29) is 18.0 Å². The monoisotopic (exact) mass is 496 g/mol. The Kier molecular flexibility index (Phi) is 8.79. The molecular formula is C23H27Cl3N4O2. The Morgan fingerprint density at radius 1 is 1.09 bits per heavy atom. The summed E-state index contributed by atoms with van der Waals surface area (Å²) in [6.45, 7) is 4.24. The number of likely N-dealkylation sites (tertiary alicyclic amines) is 1. The zero-order valence-electron chi connectivity index (χ0n) is 17.9. The lowest BCUT2D eigenvalue weighted by molar-refractivity contribution is 0.191. The van der Waals surface area contributed by atoms with Crippen molar-refractivity contribution in [2.45, 2.75) is 32.0 Å². The number of aromatic nitrogens is 2. The number of rotatable bonds is 7. The molecule has 1 saturated heterocycles. The van der Waals surface area contributed by atoms with Crippen LogP contribution in [0.1, 0.15) is 18.4 Å². The molecule has 0 spiro atoms. The first-order valence-corrected chi connectivity index (χ1v) is 11.2. The molecule has 6 nitrogen and oxygen atoms in total. The molecule has 4 rings (SSSR count). The van der Waals surface area contributed by atoms with Crippen LogP contribution in [0.5, 0.6) is 5.75 Å². The number of nitrogens with one attached hydrogen (secondary N) is 1. The van der Waals surface area contributed by atoms with Crippen LogP contribution in [-0.4, -0.2) is 47.2 Å². The Labute approximate surface area is 203 Å². The van der Waals surface area contributed by atoms with Gasteiger partial charge in [0.15, 0.2) is 0 Å². The molecule has 0 radical (unpaired) electrons. The van der Waals surface area contributed by atoms with E-state index in [0.717, 1.165) is 55.6 Å². The van der Waals surface area contributed by atoms with Gasteiger partial charge in [-0.25, -0.2) is 0 Å². The molecule has 0 atom stereocenters. The van der Waals surface area contributed by atoms with E-state index in [1.54, 1.807) is 30.0 Å². The van der Waals surface area contributed by atoms with Gasteiger partial charge in [0.05, 0.1) is 34.4 Å². The molecule has 1 aromatic carbocycles. The molecule has 3 heterocycles. The summed E-state index contributed by atoms with van der Waals surface area (Å²) >= 11 is 12.1. The summed E-state index contributed by atoms with van der Waals surface area (Å²) in [5.74, 6) is 0.653. The number of halogens is 3. The van der Waals surface area contributed by atoms with Gasteiger partial charge in [-0.15, -0.1) is 12.4 Å². The van der Waals surface area contributed by atoms with Crippen LogP contribution in [0.4, 0.5) is 0 Å². The summed E-state index contributed by atoms with van der Waals surface area (Å²) in [4.78, 5) is 19.3. The van der Waals surface area contributed by atoms with Crippen molar-refractivity contribution in [1.82, 2.24) is 19.8 Å². The number of ether oxygens (including phenoxy) is 1. The third-order valence-corrected chi connectivity index (χ3v) is 6.59. The van der Waals surface area contributed by atoms with Crippen LogP contribution in [0.2, 0.25) is 10.0 Å². The Balaban J connectivity index is 0.00000289. The molecule has 0 unspecified atom stereocenters. The molecule has 1 N–H and O–H groups in total. The zero-order chi connectivity index (χ0) is 21.8. The minimum Gasteiger partial charge on any atom is -0.495 e. The predicted octanol–water partition coefficient (Wildman–Crippen LogP) is 4.39. The van der Waals surface area contributed by atoms with Crippen LogP contribution in [0, 0.1) is 0 Å². The second kappa shape index (κ2) is 11.3. The topological polar surface area (TPSA) is 59.4 Å². The highest BCUT2D eigenvalue weighted by Gasteiger charge is 2.19. The largest absolute Gasteiger partial charge is 0.495 e. The van der Waals surface area contributed by atoms with Crippen molar-refractivity contribution in [3.63, 3.8) is 0 Å². The maximum absolute atomic E-state index is 12.5. The minimum atomic E-state index is -0.0132. The van der Waals surface area contributed by atoms with E-state index in [1.165, 1.54) is 0 Å². The second-order valence-corrected chi connectivity index (χ2v) is 8.66. The number of piperidine rings is 1. The van der Waals surface area contributed by atoms with Gasteiger partial charge in [0, 0.05) is 37.8 Å². The van der Waals surface area contributed by atoms with Crippen molar-refractivity contribution in [2.24, 2.45) is 0 Å². The van der Waals surface area contributed by atoms with Crippen molar-refractivity contribution in [1.29, 1.82) is 0 Å².